The van der Waals surface area contributed by atoms with Crippen LogP contribution in [0.5, 0.6) is 0 Å². The van der Waals surface area contributed by atoms with Crippen molar-refractivity contribution in [2.75, 3.05) is 5.75 Å². The third-order valence-electron chi connectivity index (χ3n) is 2.93. The van der Waals surface area contributed by atoms with Crippen LogP contribution in [0.1, 0.15) is 34.6 Å². The molecular formula is C15H23NS. The predicted molar refractivity (Wildman–Crippen MR) is 80.9 cm³/mol. The lowest BCUT2D eigenvalue weighted by Crippen LogP contribution is -2.09. The largest absolute Gasteiger partial charge is 0.256 e. The quantitative estimate of drug-likeness (QED) is 0.561. The third kappa shape index (κ3) is 4.19. The summed E-state index contributed by atoms with van der Waals surface area (Å²) in [5.41, 5.74) is 3.52. The van der Waals surface area contributed by atoms with E-state index >= 15 is 0 Å². The number of hydrogen-bond acceptors (Lipinski definition) is 2. The second-order valence-electron chi connectivity index (χ2n) is 5.47. The predicted octanol–water partition coefficient (Wildman–Crippen LogP) is 4.44. The average molecular weight is 249 g/mol. The molecule has 1 aliphatic carbocycles. The van der Waals surface area contributed by atoms with Crippen LogP contribution in [0.3, 0.4) is 0 Å². The lowest BCUT2D eigenvalue weighted by molar-refractivity contribution is 0.626. The van der Waals surface area contributed by atoms with Crippen molar-refractivity contribution in [3.63, 3.8) is 0 Å². The molecule has 17 heavy (non-hydrogen) atoms. The van der Waals surface area contributed by atoms with Gasteiger partial charge in [-0.1, -0.05) is 45.9 Å². The van der Waals surface area contributed by atoms with Crippen molar-refractivity contribution in [3.05, 3.63) is 35.6 Å². The van der Waals surface area contributed by atoms with Crippen LogP contribution in [0.4, 0.5) is 0 Å². The second kappa shape index (κ2) is 5.72. The average Bonchev–Trinajstić information content (AvgIpc) is 2.37. The fourth-order valence-electron chi connectivity index (χ4n) is 1.53. The van der Waals surface area contributed by atoms with Gasteiger partial charge in [0, 0.05) is 16.9 Å². The highest BCUT2D eigenvalue weighted by atomic mass is 32.1. The number of thiol groups is 1. The maximum Gasteiger partial charge on any atom is 0.0655 e. The maximum absolute atomic E-state index is 4.74. The second-order valence-corrected chi connectivity index (χ2v) is 5.79. The molecule has 0 spiro atoms. The summed E-state index contributed by atoms with van der Waals surface area (Å²) in [4.78, 5) is 4.74. The molecule has 2 heteroatoms. The first-order chi connectivity index (χ1) is 7.85. The Morgan fingerprint density at radius 2 is 1.88 bits per heavy atom. The van der Waals surface area contributed by atoms with Crippen LogP contribution in [-0.4, -0.2) is 11.5 Å². The molecular weight excluding hydrogens is 226 g/mol. The molecule has 0 saturated carbocycles. The fraction of sp³-hybridized carbons (Fsp3) is 0.533. The first kappa shape index (κ1) is 14.3. The summed E-state index contributed by atoms with van der Waals surface area (Å²) in [5, 5.41) is 0. The van der Waals surface area contributed by atoms with Crippen LogP contribution in [0.15, 0.2) is 40.6 Å². The molecule has 0 saturated heterocycles. The van der Waals surface area contributed by atoms with Crippen molar-refractivity contribution in [2.24, 2.45) is 16.3 Å². The zero-order valence-electron chi connectivity index (χ0n) is 11.5. The van der Waals surface area contributed by atoms with E-state index in [1.165, 1.54) is 5.57 Å². The minimum atomic E-state index is 0.109. The number of aliphatic imine (C=N–C) groups is 1. The van der Waals surface area contributed by atoms with Crippen LogP contribution < -0.4 is 0 Å². The van der Waals surface area contributed by atoms with Crippen molar-refractivity contribution in [1.82, 2.24) is 0 Å². The van der Waals surface area contributed by atoms with Crippen molar-refractivity contribution >= 4 is 18.3 Å². The molecule has 0 aromatic heterocycles. The van der Waals surface area contributed by atoms with Gasteiger partial charge in [0.15, 0.2) is 0 Å². The normalized spacial score (nSPS) is 20.1. The maximum atomic E-state index is 4.74. The molecule has 0 bridgehead atoms. The van der Waals surface area contributed by atoms with Crippen LogP contribution >= 0.6 is 12.6 Å². The Morgan fingerprint density at radius 1 is 1.29 bits per heavy atom. The first-order valence-corrected chi connectivity index (χ1v) is 6.76. The minimum absolute atomic E-state index is 0.109. The van der Waals surface area contributed by atoms with Crippen molar-refractivity contribution in [2.45, 2.75) is 34.6 Å². The molecule has 0 radical (unpaired) electrons. The molecule has 1 aliphatic rings. The Hall–Kier alpha value is -0.760. The van der Waals surface area contributed by atoms with Gasteiger partial charge in [-0.3, -0.25) is 4.99 Å². The summed E-state index contributed by atoms with van der Waals surface area (Å²) in [6.45, 7) is 10.8. The van der Waals surface area contributed by atoms with E-state index in [0.717, 1.165) is 17.2 Å². The van der Waals surface area contributed by atoms with E-state index in [2.05, 4.69) is 71.6 Å². The van der Waals surface area contributed by atoms with Crippen LogP contribution in [0.25, 0.3) is 0 Å². The highest BCUT2D eigenvalue weighted by Crippen LogP contribution is 2.26. The van der Waals surface area contributed by atoms with Gasteiger partial charge >= 0.3 is 0 Å². The molecule has 0 N–H and O–H groups in total. The van der Waals surface area contributed by atoms with Gasteiger partial charge in [0.1, 0.15) is 0 Å². The van der Waals surface area contributed by atoms with Crippen LogP contribution in [0.2, 0.25) is 0 Å². The zero-order chi connectivity index (χ0) is 13.1. The van der Waals surface area contributed by atoms with Gasteiger partial charge < -0.3 is 0 Å². The van der Waals surface area contributed by atoms with Gasteiger partial charge in [-0.15, -0.1) is 0 Å². The fourth-order valence-corrected chi connectivity index (χ4v) is 1.97. The molecule has 0 unspecified atom stereocenters. The molecule has 94 valence electrons. The lowest BCUT2D eigenvalue weighted by Gasteiger charge is -2.12. The Bertz CT molecular complexity index is 395. The molecule has 1 nitrogen and oxygen atoms in total. The topological polar surface area (TPSA) is 12.4 Å². The molecule has 0 fully saturated rings. The van der Waals surface area contributed by atoms with Gasteiger partial charge in [-0.2, -0.15) is 12.6 Å². The summed E-state index contributed by atoms with van der Waals surface area (Å²) in [6.07, 6.45) is 8.71. The number of nitrogens with zero attached hydrogens (tertiary/aromatic N) is 1. The molecule has 1 rings (SSSR count). The Morgan fingerprint density at radius 3 is 2.41 bits per heavy atom. The summed E-state index contributed by atoms with van der Waals surface area (Å²) in [6, 6.07) is 0. The monoisotopic (exact) mass is 249 g/mol. The Kier molecular flexibility index (Phi) is 4.81. The molecule has 0 heterocycles. The van der Waals surface area contributed by atoms with E-state index in [1.807, 2.05) is 0 Å². The Labute approximate surface area is 111 Å². The van der Waals surface area contributed by atoms with E-state index in [4.69, 9.17) is 4.99 Å². The highest BCUT2D eigenvalue weighted by Gasteiger charge is 2.13. The highest BCUT2D eigenvalue weighted by molar-refractivity contribution is 7.81. The van der Waals surface area contributed by atoms with Gasteiger partial charge in [-0.05, 0) is 24.5 Å². The molecule has 0 aliphatic heterocycles. The molecule has 0 aromatic carbocycles. The van der Waals surface area contributed by atoms with Crippen molar-refractivity contribution in [1.29, 1.82) is 0 Å². The lowest BCUT2D eigenvalue weighted by atomic mass is 9.93. The van der Waals surface area contributed by atoms with Gasteiger partial charge in [-0.25, -0.2) is 0 Å². The summed E-state index contributed by atoms with van der Waals surface area (Å²) >= 11 is 4.35. The zero-order valence-corrected chi connectivity index (χ0v) is 12.4. The first-order valence-electron chi connectivity index (χ1n) is 6.13. The SMILES string of the molecule is CC1=C(N=C(CS)C(C)C)C=CC(C)(C)C=C1. The Balaban J connectivity index is 3.10. The minimum Gasteiger partial charge on any atom is -0.256 e. The van der Waals surface area contributed by atoms with Gasteiger partial charge in [0.05, 0.1) is 5.70 Å². The van der Waals surface area contributed by atoms with Crippen molar-refractivity contribution < 1.29 is 0 Å². The summed E-state index contributed by atoms with van der Waals surface area (Å²) in [7, 11) is 0. The third-order valence-corrected chi connectivity index (χ3v) is 3.25. The summed E-state index contributed by atoms with van der Waals surface area (Å²) in [5.74, 6) is 1.16. The van der Waals surface area contributed by atoms with E-state index in [9.17, 15) is 0 Å². The van der Waals surface area contributed by atoms with Gasteiger partial charge in [0.2, 0.25) is 0 Å². The van der Waals surface area contributed by atoms with E-state index < -0.39 is 0 Å². The number of rotatable bonds is 3. The van der Waals surface area contributed by atoms with E-state index in [1.54, 1.807) is 0 Å². The van der Waals surface area contributed by atoms with Crippen molar-refractivity contribution in [3.8, 4) is 0 Å². The molecule has 0 aromatic rings. The standard InChI is InChI=1S/C15H23NS/c1-11(2)14(10-17)16-13-7-9-15(4,5)8-6-12(13)3/h6-9,11,17H,10H2,1-5H3. The number of allylic oxidation sites excluding steroid dienone is 5. The number of hydrogen-bond donors (Lipinski definition) is 1. The van der Waals surface area contributed by atoms with E-state index in [-0.39, 0.29) is 5.41 Å². The van der Waals surface area contributed by atoms with Gasteiger partial charge in [0.25, 0.3) is 0 Å². The van der Waals surface area contributed by atoms with E-state index in [0.29, 0.717) is 5.92 Å². The molecule has 0 amide bonds. The van der Waals surface area contributed by atoms with Crippen LogP contribution in [-0.2, 0) is 0 Å². The molecule has 0 atom stereocenters. The summed E-state index contributed by atoms with van der Waals surface area (Å²) < 4.78 is 0. The smallest absolute Gasteiger partial charge is 0.0655 e. The van der Waals surface area contributed by atoms with Crippen LogP contribution in [0, 0.1) is 11.3 Å².